The van der Waals surface area contributed by atoms with E-state index in [0.29, 0.717) is 0 Å². The van der Waals surface area contributed by atoms with Gasteiger partial charge >= 0.3 is 0 Å². The van der Waals surface area contributed by atoms with E-state index in [9.17, 15) is 5.11 Å². The minimum Gasteiger partial charge on any atom is -0.396 e. The van der Waals surface area contributed by atoms with Crippen LogP contribution in [-0.4, -0.2) is 16.7 Å². The molecule has 0 saturated heterocycles. The lowest BCUT2D eigenvalue weighted by molar-refractivity contribution is 0.0789. The third-order valence-corrected chi connectivity index (χ3v) is 2.96. The van der Waals surface area contributed by atoms with Gasteiger partial charge in [-0.25, -0.2) is 0 Å². The van der Waals surface area contributed by atoms with E-state index in [-0.39, 0.29) is 12.0 Å². The smallest absolute Gasteiger partial charge is 0.0606 e. The lowest BCUT2D eigenvalue weighted by Crippen LogP contribution is -2.49. The lowest BCUT2D eigenvalue weighted by Gasteiger charge is -2.39. The Morgan fingerprint density at radius 3 is 2.46 bits per heavy atom. The summed E-state index contributed by atoms with van der Waals surface area (Å²) in [5, 5.41) is 9.23. The molecule has 0 saturated carbocycles. The second kappa shape index (κ2) is 3.16. The minimum atomic E-state index is -0.536. The summed E-state index contributed by atoms with van der Waals surface area (Å²) in [6, 6.07) is 3.85. The highest BCUT2D eigenvalue weighted by Gasteiger charge is 2.39. The predicted octanol–water partition coefficient (Wildman–Crippen LogP) is 1.21. The van der Waals surface area contributed by atoms with Crippen LogP contribution in [0.5, 0.6) is 0 Å². The number of rotatable bonds is 3. The van der Waals surface area contributed by atoms with E-state index in [1.54, 1.807) is 0 Å². The Hall–Kier alpha value is -0.800. The molecule has 0 aliphatic rings. The maximum absolute atomic E-state index is 9.23. The number of nitrogens with one attached hydrogen (secondary N) is 1. The van der Waals surface area contributed by atoms with Gasteiger partial charge in [-0.15, -0.1) is 0 Å². The molecular formula is C10H18N2O. The summed E-state index contributed by atoms with van der Waals surface area (Å²) < 4.78 is 0. The van der Waals surface area contributed by atoms with Crippen molar-refractivity contribution < 1.29 is 5.11 Å². The van der Waals surface area contributed by atoms with Crippen LogP contribution >= 0.6 is 0 Å². The number of hydrogen-bond acceptors (Lipinski definition) is 2. The fraction of sp³-hybridized carbons (Fsp3) is 0.600. The summed E-state index contributed by atoms with van der Waals surface area (Å²) in [4.78, 5) is 3.08. The third kappa shape index (κ3) is 1.62. The van der Waals surface area contributed by atoms with Gasteiger partial charge in [0.2, 0.25) is 0 Å². The van der Waals surface area contributed by atoms with Gasteiger partial charge in [0, 0.05) is 17.3 Å². The monoisotopic (exact) mass is 182 g/mol. The molecule has 0 spiro atoms. The van der Waals surface area contributed by atoms with Gasteiger partial charge in [-0.2, -0.15) is 0 Å². The molecular weight excluding hydrogens is 164 g/mol. The molecule has 0 fully saturated rings. The first-order chi connectivity index (χ1) is 5.92. The Balaban J connectivity index is 3.02. The van der Waals surface area contributed by atoms with Crippen LogP contribution in [0.2, 0.25) is 0 Å². The molecule has 0 bridgehead atoms. The zero-order valence-electron chi connectivity index (χ0n) is 8.46. The van der Waals surface area contributed by atoms with E-state index < -0.39 is 5.54 Å². The Morgan fingerprint density at radius 1 is 1.46 bits per heavy atom. The Kier molecular flexibility index (Phi) is 2.50. The quantitative estimate of drug-likeness (QED) is 0.658. The number of aromatic amines is 1. The van der Waals surface area contributed by atoms with Crippen molar-refractivity contribution in [1.82, 2.24) is 4.98 Å². The van der Waals surface area contributed by atoms with Gasteiger partial charge in [-0.05, 0) is 19.1 Å². The second-order valence-electron chi connectivity index (χ2n) is 4.33. The van der Waals surface area contributed by atoms with Crippen molar-refractivity contribution in [3.05, 3.63) is 24.0 Å². The predicted molar refractivity (Wildman–Crippen MR) is 53.2 cm³/mol. The molecule has 0 unspecified atom stereocenters. The first-order valence-corrected chi connectivity index (χ1v) is 4.45. The van der Waals surface area contributed by atoms with Gasteiger partial charge in [0.1, 0.15) is 0 Å². The highest BCUT2D eigenvalue weighted by atomic mass is 16.3. The molecule has 1 heterocycles. The van der Waals surface area contributed by atoms with Crippen LogP contribution in [0.4, 0.5) is 0 Å². The molecule has 1 rings (SSSR count). The molecule has 0 aromatic carbocycles. The Labute approximate surface area is 79.0 Å². The number of H-pyrrole nitrogens is 1. The van der Waals surface area contributed by atoms with Crippen LogP contribution in [0.3, 0.4) is 0 Å². The van der Waals surface area contributed by atoms with Crippen LogP contribution in [0.1, 0.15) is 26.5 Å². The van der Waals surface area contributed by atoms with Crippen LogP contribution < -0.4 is 5.73 Å². The molecule has 74 valence electrons. The van der Waals surface area contributed by atoms with Crippen LogP contribution in [0.25, 0.3) is 0 Å². The fourth-order valence-electron chi connectivity index (χ4n) is 1.18. The minimum absolute atomic E-state index is 0.0685. The highest BCUT2D eigenvalue weighted by molar-refractivity contribution is 5.18. The van der Waals surface area contributed by atoms with Gasteiger partial charge < -0.3 is 15.8 Å². The largest absolute Gasteiger partial charge is 0.396 e. The van der Waals surface area contributed by atoms with Gasteiger partial charge in [0.15, 0.2) is 0 Å². The van der Waals surface area contributed by atoms with Crippen molar-refractivity contribution in [3.8, 4) is 0 Å². The van der Waals surface area contributed by atoms with Crippen molar-refractivity contribution in [2.45, 2.75) is 26.3 Å². The summed E-state index contributed by atoms with van der Waals surface area (Å²) in [7, 11) is 0. The van der Waals surface area contributed by atoms with Crippen molar-refractivity contribution in [2.75, 3.05) is 6.61 Å². The summed E-state index contributed by atoms with van der Waals surface area (Å²) >= 11 is 0. The first-order valence-electron chi connectivity index (χ1n) is 4.45. The molecule has 3 nitrogen and oxygen atoms in total. The number of aliphatic hydroxyl groups excluding tert-OH is 1. The van der Waals surface area contributed by atoms with E-state index in [2.05, 4.69) is 4.98 Å². The van der Waals surface area contributed by atoms with E-state index >= 15 is 0 Å². The van der Waals surface area contributed by atoms with Crippen molar-refractivity contribution in [3.63, 3.8) is 0 Å². The van der Waals surface area contributed by atoms with Crippen molar-refractivity contribution in [2.24, 2.45) is 11.1 Å². The zero-order valence-corrected chi connectivity index (χ0v) is 8.46. The van der Waals surface area contributed by atoms with E-state index in [0.717, 1.165) is 5.69 Å². The van der Waals surface area contributed by atoms with Crippen LogP contribution in [-0.2, 0) is 5.54 Å². The SMILES string of the molecule is CC(C)(CO)[C@](C)(N)c1ccc[nH]1. The normalized spacial score (nSPS) is 17.0. The maximum atomic E-state index is 9.23. The number of aliphatic hydroxyl groups is 1. The lowest BCUT2D eigenvalue weighted by atomic mass is 9.72. The Bertz CT molecular complexity index is 262. The van der Waals surface area contributed by atoms with Crippen molar-refractivity contribution >= 4 is 0 Å². The summed E-state index contributed by atoms with van der Waals surface area (Å²) in [5.74, 6) is 0. The van der Waals surface area contributed by atoms with E-state index in [4.69, 9.17) is 5.73 Å². The molecule has 4 N–H and O–H groups in total. The first kappa shape index (κ1) is 10.3. The molecule has 0 aliphatic carbocycles. The standard InChI is InChI=1S/C10H18N2O/c1-9(2,7-13)10(3,11)8-5-4-6-12-8/h4-6,12-13H,7,11H2,1-3H3/t10-/m1/s1. The van der Waals surface area contributed by atoms with Crippen molar-refractivity contribution in [1.29, 1.82) is 0 Å². The number of nitrogens with two attached hydrogens (primary N) is 1. The fourth-order valence-corrected chi connectivity index (χ4v) is 1.18. The van der Waals surface area contributed by atoms with Gasteiger partial charge in [0.05, 0.1) is 12.1 Å². The second-order valence-corrected chi connectivity index (χ2v) is 4.33. The van der Waals surface area contributed by atoms with E-state index in [1.165, 1.54) is 0 Å². The zero-order chi connectivity index (χ0) is 10.1. The van der Waals surface area contributed by atoms with Gasteiger partial charge in [-0.3, -0.25) is 0 Å². The average molecular weight is 182 g/mol. The Morgan fingerprint density at radius 2 is 2.08 bits per heavy atom. The summed E-state index contributed by atoms with van der Waals surface area (Å²) in [5.41, 5.74) is 6.26. The van der Waals surface area contributed by atoms with Gasteiger partial charge in [0.25, 0.3) is 0 Å². The number of hydrogen-bond donors (Lipinski definition) is 3. The van der Waals surface area contributed by atoms with Crippen LogP contribution in [0.15, 0.2) is 18.3 Å². The molecule has 1 atom stereocenters. The molecule has 0 aliphatic heterocycles. The molecule has 0 amide bonds. The molecule has 1 aromatic heterocycles. The number of aromatic nitrogens is 1. The molecule has 0 radical (unpaired) electrons. The third-order valence-electron chi connectivity index (χ3n) is 2.96. The van der Waals surface area contributed by atoms with Gasteiger partial charge in [-0.1, -0.05) is 13.8 Å². The highest BCUT2D eigenvalue weighted by Crippen LogP contribution is 2.35. The molecule has 1 aromatic rings. The van der Waals surface area contributed by atoms with E-state index in [1.807, 2.05) is 39.1 Å². The molecule has 13 heavy (non-hydrogen) atoms. The summed E-state index contributed by atoms with van der Waals surface area (Å²) in [6.45, 7) is 5.90. The van der Waals surface area contributed by atoms with Crippen LogP contribution in [0, 0.1) is 5.41 Å². The maximum Gasteiger partial charge on any atom is 0.0606 e. The average Bonchev–Trinajstić information content (AvgIpc) is 2.56. The summed E-state index contributed by atoms with van der Waals surface area (Å²) in [6.07, 6.45) is 1.84. The topological polar surface area (TPSA) is 62.0 Å². The molecule has 3 heteroatoms.